The van der Waals surface area contributed by atoms with E-state index in [1.165, 1.54) is 11.8 Å². The fourth-order valence-corrected chi connectivity index (χ4v) is 3.81. The van der Waals surface area contributed by atoms with E-state index in [4.69, 9.17) is 0 Å². The summed E-state index contributed by atoms with van der Waals surface area (Å²) >= 11 is 1.49. The fraction of sp³-hybridized carbons (Fsp3) is 0.381. The molecule has 142 valence electrons. The molecule has 1 saturated heterocycles. The number of hydrogen-bond donors (Lipinski definition) is 1. The number of thioether (sulfide) groups is 1. The van der Waals surface area contributed by atoms with Crippen LogP contribution in [0.3, 0.4) is 0 Å². The molecule has 0 radical (unpaired) electrons. The van der Waals surface area contributed by atoms with Crippen LogP contribution < -0.4 is 5.32 Å². The minimum atomic E-state index is -0.0338. The maximum absolute atomic E-state index is 12.8. The van der Waals surface area contributed by atoms with Crippen molar-refractivity contribution in [3.05, 3.63) is 59.3 Å². The Labute approximate surface area is 164 Å². The SMILES string of the molecule is CSc1ncccc1C(=O)N1CCC(CNC(=O)c2ccc(C)cc2)CC1. The first-order valence-electron chi connectivity index (χ1n) is 9.21. The van der Waals surface area contributed by atoms with Crippen LogP contribution in [0.4, 0.5) is 0 Å². The number of rotatable bonds is 5. The van der Waals surface area contributed by atoms with Crippen LogP contribution >= 0.6 is 11.8 Å². The van der Waals surface area contributed by atoms with Crippen molar-refractivity contribution in [3.8, 4) is 0 Å². The third-order valence-corrected chi connectivity index (χ3v) is 5.67. The highest BCUT2D eigenvalue weighted by atomic mass is 32.2. The molecule has 2 aromatic rings. The van der Waals surface area contributed by atoms with Gasteiger partial charge in [0.15, 0.2) is 0 Å². The number of amides is 2. The first-order chi connectivity index (χ1) is 13.1. The Kier molecular flexibility index (Phi) is 6.50. The summed E-state index contributed by atoms with van der Waals surface area (Å²) in [7, 11) is 0. The molecule has 6 heteroatoms. The van der Waals surface area contributed by atoms with Crippen molar-refractivity contribution in [1.29, 1.82) is 0 Å². The molecule has 0 unspecified atom stereocenters. The fourth-order valence-electron chi connectivity index (χ4n) is 3.27. The average Bonchev–Trinajstić information content (AvgIpc) is 2.72. The van der Waals surface area contributed by atoms with E-state index in [0.717, 1.165) is 23.4 Å². The van der Waals surface area contributed by atoms with Gasteiger partial charge in [-0.25, -0.2) is 4.98 Å². The number of aryl methyl sites for hydroxylation is 1. The second-order valence-electron chi connectivity index (χ2n) is 6.87. The van der Waals surface area contributed by atoms with E-state index in [9.17, 15) is 9.59 Å². The number of nitrogens with one attached hydrogen (secondary N) is 1. The average molecular weight is 384 g/mol. The Hall–Kier alpha value is -2.34. The molecule has 0 aliphatic carbocycles. The van der Waals surface area contributed by atoms with Gasteiger partial charge in [0.2, 0.25) is 0 Å². The normalized spacial score (nSPS) is 14.8. The number of carbonyl (C=O) groups is 2. The number of piperidine rings is 1. The van der Waals surface area contributed by atoms with Gasteiger partial charge in [-0.15, -0.1) is 11.8 Å². The third-order valence-electron chi connectivity index (χ3n) is 4.96. The van der Waals surface area contributed by atoms with Gasteiger partial charge in [0.1, 0.15) is 5.03 Å². The summed E-state index contributed by atoms with van der Waals surface area (Å²) in [4.78, 5) is 31.2. The van der Waals surface area contributed by atoms with Crippen LogP contribution in [0.1, 0.15) is 39.1 Å². The Bertz CT molecular complexity index is 799. The summed E-state index contributed by atoms with van der Waals surface area (Å²) in [5.41, 5.74) is 2.51. The number of aromatic nitrogens is 1. The van der Waals surface area contributed by atoms with Crippen molar-refractivity contribution in [2.75, 3.05) is 25.9 Å². The van der Waals surface area contributed by atoms with E-state index in [-0.39, 0.29) is 11.8 Å². The first-order valence-corrected chi connectivity index (χ1v) is 10.4. The van der Waals surface area contributed by atoms with Crippen LogP contribution in [-0.2, 0) is 0 Å². The highest BCUT2D eigenvalue weighted by molar-refractivity contribution is 7.98. The molecule has 0 bridgehead atoms. The number of nitrogens with zero attached hydrogens (tertiary/aromatic N) is 2. The Morgan fingerprint density at radius 1 is 1.19 bits per heavy atom. The Balaban J connectivity index is 1.49. The predicted octanol–water partition coefficient (Wildman–Crippen LogP) is 3.39. The molecule has 2 amide bonds. The van der Waals surface area contributed by atoms with E-state index < -0.39 is 0 Å². The van der Waals surface area contributed by atoms with E-state index in [0.29, 0.717) is 36.7 Å². The summed E-state index contributed by atoms with van der Waals surface area (Å²) in [5.74, 6) is 0.417. The standard InChI is InChI=1S/C21H25N3O2S/c1-15-5-7-17(8-6-15)19(25)23-14-16-9-12-24(13-10-16)21(26)18-4-3-11-22-20(18)27-2/h3-8,11,16H,9-10,12-14H2,1-2H3,(H,23,25). The van der Waals surface area contributed by atoms with E-state index >= 15 is 0 Å². The van der Waals surface area contributed by atoms with Gasteiger partial charge in [-0.1, -0.05) is 17.7 Å². The number of carbonyl (C=O) groups excluding carboxylic acids is 2. The molecule has 0 spiro atoms. The number of likely N-dealkylation sites (tertiary alicyclic amines) is 1. The molecular formula is C21H25N3O2S. The van der Waals surface area contributed by atoms with Crippen molar-refractivity contribution < 1.29 is 9.59 Å². The van der Waals surface area contributed by atoms with Gasteiger partial charge in [-0.05, 0) is 56.2 Å². The predicted molar refractivity (Wildman–Crippen MR) is 108 cm³/mol. The highest BCUT2D eigenvalue weighted by Gasteiger charge is 2.25. The maximum atomic E-state index is 12.8. The third kappa shape index (κ3) is 4.89. The van der Waals surface area contributed by atoms with Gasteiger partial charge in [-0.3, -0.25) is 9.59 Å². The minimum Gasteiger partial charge on any atom is -0.352 e. The molecule has 3 rings (SSSR count). The lowest BCUT2D eigenvalue weighted by Crippen LogP contribution is -2.41. The van der Waals surface area contributed by atoms with Crippen molar-refractivity contribution in [3.63, 3.8) is 0 Å². The zero-order valence-corrected chi connectivity index (χ0v) is 16.6. The van der Waals surface area contributed by atoms with Gasteiger partial charge >= 0.3 is 0 Å². The van der Waals surface area contributed by atoms with Crippen LogP contribution in [-0.4, -0.2) is 47.6 Å². The topological polar surface area (TPSA) is 62.3 Å². The van der Waals surface area contributed by atoms with Gasteiger partial charge in [-0.2, -0.15) is 0 Å². The Morgan fingerprint density at radius 2 is 1.89 bits per heavy atom. The monoisotopic (exact) mass is 383 g/mol. The summed E-state index contributed by atoms with van der Waals surface area (Å²) < 4.78 is 0. The second-order valence-corrected chi connectivity index (χ2v) is 7.67. The molecule has 27 heavy (non-hydrogen) atoms. The van der Waals surface area contributed by atoms with Crippen molar-refractivity contribution in [2.45, 2.75) is 24.8 Å². The molecule has 5 nitrogen and oxygen atoms in total. The smallest absolute Gasteiger partial charge is 0.256 e. The number of hydrogen-bond acceptors (Lipinski definition) is 4. The zero-order chi connectivity index (χ0) is 19.2. The Morgan fingerprint density at radius 3 is 2.56 bits per heavy atom. The minimum absolute atomic E-state index is 0.0338. The van der Waals surface area contributed by atoms with Crippen LogP contribution in [0.2, 0.25) is 0 Å². The molecule has 0 atom stereocenters. The van der Waals surface area contributed by atoms with Crippen LogP contribution in [0.5, 0.6) is 0 Å². The molecule has 1 aliphatic rings. The van der Waals surface area contributed by atoms with E-state index in [1.54, 1.807) is 12.3 Å². The van der Waals surface area contributed by atoms with Crippen LogP contribution in [0.25, 0.3) is 0 Å². The lowest BCUT2D eigenvalue weighted by Gasteiger charge is -2.32. The lowest BCUT2D eigenvalue weighted by atomic mass is 9.96. The summed E-state index contributed by atoms with van der Waals surface area (Å²) in [6, 6.07) is 11.2. The van der Waals surface area contributed by atoms with Crippen molar-refractivity contribution >= 4 is 23.6 Å². The van der Waals surface area contributed by atoms with Gasteiger partial charge in [0.05, 0.1) is 5.56 Å². The molecular weight excluding hydrogens is 358 g/mol. The molecule has 1 N–H and O–H groups in total. The first kappa shape index (κ1) is 19.4. The highest BCUT2D eigenvalue weighted by Crippen LogP contribution is 2.22. The van der Waals surface area contributed by atoms with Crippen LogP contribution in [0, 0.1) is 12.8 Å². The molecule has 1 aliphatic heterocycles. The van der Waals surface area contributed by atoms with Gasteiger partial charge in [0.25, 0.3) is 11.8 Å². The number of pyridine rings is 1. The molecule has 1 fully saturated rings. The second kappa shape index (κ2) is 9.04. The van der Waals surface area contributed by atoms with Crippen molar-refractivity contribution in [1.82, 2.24) is 15.2 Å². The molecule has 1 aromatic carbocycles. The quantitative estimate of drug-likeness (QED) is 0.804. The van der Waals surface area contributed by atoms with E-state index in [2.05, 4.69) is 10.3 Å². The maximum Gasteiger partial charge on any atom is 0.256 e. The number of benzene rings is 1. The molecule has 1 aromatic heterocycles. The lowest BCUT2D eigenvalue weighted by molar-refractivity contribution is 0.0680. The van der Waals surface area contributed by atoms with Crippen LogP contribution in [0.15, 0.2) is 47.6 Å². The summed E-state index contributed by atoms with van der Waals surface area (Å²) in [6.07, 6.45) is 5.44. The van der Waals surface area contributed by atoms with Gasteiger partial charge in [0, 0.05) is 31.4 Å². The molecule has 2 heterocycles. The molecule has 0 saturated carbocycles. The largest absolute Gasteiger partial charge is 0.352 e. The van der Waals surface area contributed by atoms with Gasteiger partial charge < -0.3 is 10.2 Å². The zero-order valence-electron chi connectivity index (χ0n) is 15.8. The van der Waals surface area contributed by atoms with E-state index in [1.807, 2.05) is 48.4 Å². The van der Waals surface area contributed by atoms with Crippen molar-refractivity contribution in [2.24, 2.45) is 5.92 Å². The summed E-state index contributed by atoms with van der Waals surface area (Å²) in [5, 5.41) is 3.80. The summed E-state index contributed by atoms with van der Waals surface area (Å²) in [6.45, 7) is 4.08.